The van der Waals surface area contributed by atoms with Crippen LogP contribution < -0.4 is 11.1 Å². The molecule has 3 aliphatic rings. The first kappa shape index (κ1) is 25.0. The van der Waals surface area contributed by atoms with Crippen molar-refractivity contribution in [2.75, 3.05) is 32.8 Å². The predicted molar refractivity (Wildman–Crippen MR) is 115 cm³/mol. The van der Waals surface area contributed by atoms with Crippen molar-refractivity contribution < 1.29 is 9.53 Å². The molecule has 0 aromatic heterocycles. The van der Waals surface area contributed by atoms with Gasteiger partial charge in [0.2, 0.25) is 5.91 Å². The van der Waals surface area contributed by atoms with E-state index in [0.29, 0.717) is 12.5 Å². The molecule has 3 N–H and O–H groups in total. The Bertz CT molecular complexity index is 470. The molecule has 0 bridgehead atoms. The Morgan fingerprint density at radius 2 is 1.85 bits per heavy atom. The van der Waals surface area contributed by atoms with Crippen LogP contribution in [0.1, 0.15) is 65.2 Å². The zero-order valence-electron chi connectivity index (χ0n) is 17.0. The second kappa shape index (κ2) is 10.6. The van der Waals surface area contributed by atoms with Crippen LogP contribution in [0.5, 0.6) is 0 Å². The molecule has 0 radical (unpaired) electrons. The summed E-state index contributed by atoms with van der Waals surface area (Å²) in [7, 11) is 0. The van der Waals surface area contributed by atoms with Crippen LogP contribution in [0.2, 0.25) is 0 Å². The molecule has 160 valence electrons. The molecule has 3 fully saturated rings. The number of amides is 1. The van der Waals surface area contributed by atoms with Gasteiger partial charge in [-0.3, -0.25) is 9.69 Å². The lowest BCUT2D eigenvalue weighted by Crippen LogP contribution is -2.63. The molecule has 2 atom stereocenters. The first-order valence-corrected chi connectivity index (χ1v) is 10.3. The lowest BCUT2D eigenvalue weighted by Gasteiger charge is -2.51. The minimum Gasteiger partial charge on any atom is -0.373 e. The van der Waals surface area contributed by atoms with Gasteiger partial charge in [0.25, 0.3) is 0 Å². The summed E-state index contributed by atoms with van der Waals surface area (Å²) in [5, 5.41) is 3.35. The van der Waals surface area contributed by atoms with E-state index >= 15 is 0 Å². The van der Waals surface area contributed by atoms with Crippen LogP contribution in [0.3, 0.4) is 0 Å². The Labute approximate surface area is 177 Å². The van der Waals surface area contributed by atoms with Crippen molar-refractivity contribution in [1.82, 2.24) is 10.2 Å². The number of carbonyl (C=O) groups is 1. The number of carbonyl (C=O) groups excluding carboxylic acids is 1. The molecular formula is C20H39Cl2N3O2. The topological polar surface area (TPSA) is 67.6 Å². The van der Waals surface area contributed by atoms with Crippen LogP contribution >= 0.6 is 24.8 Å². The number of halogens is 2. The Morgan fingerprint density at radius 1 is 1.15 bits per heavy atom. The van der Waals surface area contributed by atoms with Gasteiger partial charge >= 0.3 is 0 Å². The Balaban J connectivity index is 0.00000182. The van der Waals surface area contributed by atoms with E-state index in [9.17, 15) is 4.79 Å². The average molecular weight is 424 g/mol. The van der Waals surface area contributed by atoms with E-state index < -0.39 is 0 Å². The molecule has 7 heteroatoms. The van der Waals surface area contributed by atoms with Gasteiger partial charge in [-0.15, -0.1) is 24.8 Å². The first-order chi connectivity index (χ1) is 12.0. The Hall–Kier alpha value is -0.0700. The number of ether oxygens (including phenoxy) is 1. The summed E-state index contributed by atoms with van der Waals surface area (Å²) in [5.74, 6) is 0.752. The van der Waals surface area contributed by atoms with E-state index in [1.807, 2.05) is 0 Å². The highest BCUT2D eigenvalue weighted by atomic mass is 35.5. The molecule has 1 saturated heterocycles. The fourth-order valence-electron chi connectivity index (χ4n) is 5.28. The summed E-state index contributed by atoms with van der Waals surface area (Å²) in [6, 6.07) is 0. The van der Waals surface area contributed by atoms with Crippen molar-refractivity contribution in [1.29, 1.82) is 0 Å². The number of hydrogen-bond donors (Lipinski definition) is 2. The quantitative estimate of drug-likeness (QED) is 0.712. The predicted octanol–water partition coefficient (Wildman–Crippen LogP) is 3.13. The molecule has 3 rings (SSSR count). The van der Waals surface area contributed by atoms with Crippen molar-refractivity contribution in [3.63, 3.8) is 0 Å². The number of rotatable bonds is 5. The average Bonchev–Trinajstić information content (AvgIpc) is 3.08. The van der Waals surface area contributed by atoms with E-state index in [4.69, 9.17) is 10.5 Å². The van der Waals surface area contributed by atoms with Crippen molar-refractivity contribution in [3.05, 3.63) is 0 Å². The van der Waals surface area contributed by atoms with Crippen molar-refractivity contribution >= 4 is 30.7 Å². The van der Waals surface area contributed by atoms with Gasteiger partial charge < -0.3 is 15.8 Å². The smallest absolute Gasteiger partial charge is 0.223 e. The fraction of sp³-hybridized carbons (Fsp3) is 0.950. The summed E-state index contributed by atoms with van der Waals surface area (Å²) in [5.41, 5.74) is 5.89. The van der Waals surface area contributed by atoms with Crippen molar-refractivity contribution in [2.24, 2.45) is 17.6 Å². The van der Waals surface area contributed by atoms with Crippen molar-refractivity contribution in [3.8, 4) is 0 Å². The normalized spacial score (nSPS) is 30.0. The standard InChI is InChI=1S/C20H37N3O2.2ClH/c1-19(2)15-23(11-12-25-19)20(9-4-3-5-10-20)14-22-18(24)17-8-6-7-16(17)13-21;;/h16-17H,3-15,21H2,1-2H3,(H,22,24);2*1H/t16-,17-;;/m1../s1. The third-order valence-electron chi connectivity index (χ3n) is 6.77. The third kappa shape index (κ3) is 5.96. The van der Waals surface area contributed by atoms with Crippen LogP contribution in [0.4, 0.5) is 0 Å². The van der Waals surface area contributed by atoms with Crippen LogP contribution in [-0.4, -0.2) is 54.7 Å². The second-order valence-electron chi connectivity index (χ2n) is 9.07. The van der Waals surface area contributed by atoms with Gasteiger partial charge in [0.05, 0.1) is 12.2 Å². The molecule has 0 unspecified atom stereocenters. The molecule has 27 heavy (non-hydrogen) atoms. The largest absolute Gasteiger partial charge is 0.373 e. The Morgan fingerprint density at radius 3 is 2.48 bits per heavy atom. The van der Waals surface area contributed by atoms with E-state index in [-0.39, 0.29) is 47.8 Å². The van der Waals surface area contributed by atoms with E-state index in [1.165, 1.54) is 32.1 Å². The molecule has 0 aromatic rings. The zero-order chi connectivity index (χ0) is 17.9. The van der Waals surface area contributed by atoms with Gasteiger partial charge in [0.15, 0.2) is 0 Å². The highest BCUT2D eigenvalue weighted by Crippen LogP contribution is 2.36. The van der Waals surface area contributed by atoms with E-state index in [0.717, 1.165) is 45.5 Å². The number of hydrogen-bond acceptors (Lipinski definition) is 4. The van der Waals surface area contributed by atoms with Crippen molar-refractivity contribution in [2.45, 2.75) is 76.4 Å². The Kier molecular flexibility index (Phi) is 9.83. The molecule has 1 aliphatic heterocycles. The van der Waals surface area contributed by atoms with E-state index in [2.05, 4.69) is 24.1 Å². The minimum absolute atomic E-state index is 0. The number of nitrogens with two attached hydrogens (primary N) is 1. The van der Waals surface area contributed by atoms with Gasteiger partial charge in [0, 0.05) is 31.1 Å². The molecule has 1 amide bonds. The maximum absolute atomic E-state index is 12.8. The van der Waals surface area contributed by atoms with Gasteiger partial charge in [-0.1, -0.05) is 25.7 Å². The molecular weight excluding hydrogens is 385 g/mol. The van der Waals surface area contributed by atoms with Crippen LogP contribution in [0, 0.1) is 11.8 Å². The summed E-state index contributed by atoms with van der Waals surface area (Å²) in [6.45, 7) is 8.51. The summed E-state index contributed by atoms with van der Waals surface area (Å²) >= 11 is 0. The highest BCUT2D eigenvalue weighted by molar-refractivity contribution is 5.85. The highest BCUT2D eigenvalue weighted by Gasteiger charge is 2.43. The molecule has 5 nitrogen and oxygen atoms in total. The SMILES string of the molecule is CC1(C)CN(C2(CNC(=O)[C@@H]3CCC[C@@H]3CN)CCCCC2)CCO1.Cl.Cl. The van der Waals surface area contributed by atoms with Gasteiger partial charge in [-0.25, -0.2) is 0 Å². The lowest BCUT2D eigenvalue weighted by molar-refractivity contribution is -0.132. The lowest BCUT2D eigenvalue weighted by atomic mass is 9.79. The monoisotopic (exact) mass is 423 g/mol. The second-order valence-corrected chi connectivity index (χ2v) is 9.07. The summed E-state index contributed by atoms with van der Waals surface area (Å²) in [4.78, 5) is 15.4. The molecule has 2 aliphatic carbocycles. The summed E-state index contributed by atoms with van der Waals surface area (Å²) in [6.07, 6.45) is 9.49. The maximum atomic E-state index is 12.8. The van der Waals surface area contributed by atoms with E-state index in [1.54, 1.807) is 0 Å². The number of morpholine rings is 1. The third-order valence-corrected chi connectivity index (χ3v) is 6.77. The van der Waals surface area contributed by atoms with Gasteiger partial charge in [-0.2, -0.15) is 0 Å². The molecule has 1 heterocycles. The number of nitrogens with one attached hydrogen (secondary N) is 1. The zero-order valence-corrected chi connectivity index (χ0v) is 18.6. The molecule has 2 saturated carbocycles. The summed E-state index contributed by atoms with van der Waals surface area (Å²) < 4.78 is 5.92. The van der Waals surface area contributed by atoms with Crippen LogP contribution in [0.15, 0.2) is 0 Å². The number of nitrogens with zero attached hydrogens (tertiary/aromatic N) is 1. The van der Waals surface area contributed by atoms with Gasteiger partial charge in [-0.05, 0) is 52.0 Å². The van der Waals surface area contributed by atoms with Crippen LogP contribution in [-0.2, 0) is 9.53 Å². The molecule has 0 spiro atoms. The van der Waals surface area contributed by atoms with Crippen LogP contribution in [0.25, 0.3) is 0 Å². The van der Waals surface area contributed by atoms with Gasteiger partial charge in [0.1, 0.15) is 0 Å². The molecule has 0 aromatic carbocycles. The fourth-order valence-corrected chi connectivity index (χ4v) is 5.28. The minimum atomic E-state index is -0.0944. The maximum Gasteiger partial charge on any atom is 0.223 e. The first-order valence-electron chi connectivity index (χ1n) is 10.3.